The minimum atomic E-state index is 0.159. The van der Waals surface area contributed by atoms with Gasteiger partial charge in [0, 0.05) is 38.2 Å². The van der Waals surface area contributed by atoms with E-state index in [1.165, 1.54) is 6.20 Å². The largest absolute Gasteiger partial charge is 0.506 e. The quantitative estimate of drug-likeness (QED) is 0.798. The van der Waals surface area contributed by atoms with Gasteiger partial charge in [0.15, 0.2) is 0 Å². The van der Waals surface area contributed by atoms with E-state index in [4.69, 9.17) is 4.74 Å². The fraction of sp³-hybridized carbons (Fsp3) is 0.333. The van der Waals surface area contributed by atoms with Crippen molar-refractivity contribution in [2.45, 2.75) is 13.0 Å². The molecule has 2 rings (SSSR count). The predicted octanol–water partition coefficient (Wildman–Crippen LogP) is 1.69. The molecule has 0 fully saturated rings. The van der Waals surface area contributed by atoms with E-state index in [1.807, 2.05) is 10.7 Å². The number of hydrogen-bond donors (Lipinski definition) is 1. The number of aryl methyl sites for hydroxylation is 1. The third-order valence-corrected chi connectivity index (χ3v) is 2.45. The average molecular weight is 233 g/mol. The normalized spacial score (nSPS) is 10.6. The van der Waals surface area contributed by atoms with E-state index in [-0.39, 0.29) is 5.75 Å². The first-order valence-corrected chi connectivity index (χ1v) is 5.46. The minimum Gasteiger partial charge on any atom is -0.506 e. The number of hydrogen-bond acceptors (Lipinski definition) is 4. The first-order valence-electron chi connectivity index (χ1n) is 5.46. The molecule has 0 aliphatic heterocycles. The highest BCUT2D eigenvalue weighted by Gasteiger charge is 2.06. The van der Waals surface area contributed by atoms with Crippen molar-refractivity contribution < 1.29 is 9.84 Å². The monoisotopic (exact) mass is 233 g/mol. The van der Waals surface area contributed by atoms with Crippen LogP contribution in [0, 0.1) is 0 Å². The van der Waals surface area contributed by atoms with E-state index in [1.54, 1.807) is 25.6 Å². The molecule has 17 heavy (non-hydrogen) atoms. The van der Waals surface area contributed by atoms with Crippen LogP contribution in [0.3, 0.4) is 0 Å². The summed E-state index contributed by atoms with van der Waals surface area (Å²) in [7, 11) is 1.68. The van der Waals surface area contributed by atoms with Crippen molar-refractivity contribution >= 4 is 0 Å². The first-order chi connectivity index (χ1) is 8.31. The lowest BCUT2D eigenvalue weighted by atomic mass is 10.2. The van der Waals surface area contributed by atoms with Gasteiger partial charge in [-0.15, -0.1) is 0 Å². The second-order valence-corrected chi connectivity index (χ2v) is 3.72. The Morgan fingerprint density at radius 1 is 1.41 bits per heavy atom. The van der Waals surface area contributed by atoms with Gasteiger partial charge in [-0.1, -0.05) is 0 Å². The summed E-state index contributed by atoms with van der Waals surface area (Å²) in [5, 5.41) is 13.7. The SMILES string of the molecule is COCCCn1nccc1-c1cncc(O)c1. The molecular formula is C12H15N3O2. The Balaban J connectivity index is 2.18. The standard InChI is InChI=1S/C12H15N3O2/c1-17-6-2-5-15-12(3-4-14-15)10-7-11(16)9-13-8-10/h3-4,7-9,16H,2,5-6H2,1H3. The van der Waals surface area contributed by atoms with Crippen LogP contribution < -0.4 is 0 Å². The van der Waals surface area contributed by atoms with E-state index >= 15 is 0 Å². The molecule has 2 aromatic rings. The van der Waals surface area contributed by atoms with Crippen molar-refractivity contribution in [3.63, 3.8) is 0 Å². The third-order valence-electron chi connectivity index (χ3n) is 2.45. The van der Waals surface area contributed by atoms with E-state index in [2.05, 4.69) is 10.1 Å². The Labute approximate surface area is 99.7 Å². The molecule has 0 aromatic carbocycles. The molecule has 0 saturated heterocycles. The molecular weight excluding hydrogens is 218 g/mol. The maximum absolute atomic E-state index is 9.40. The number of pyridine rings is 1. The summed E-state index contributed by atoms with van der Waals surface area (Å²) in [6, 6.07) is 3.58. The summed E-state index contributed by atoms with van der Waals surface area (Å²) in [5.74, 6) is 0.159. The molecule has 0 aliphatic carbocycles. The molecule has 0 saturated carbocycles. The lowest BCUT2D eigenvalue weighted by Crippen LogP contribution is -2.04. The maximum atomic E-state index is 9.40. The summed E-state index contributed by atoms with van der Waals surface area (Å²) >= 11 is 0. The van der Waals surface area contributed by atoms with Crippen LogP contribution in [0.5, 0.6) is 5.75 Å². The van der Waals surface area contributed by atoms with Crippen LogP contribution in [0.15, 0.2) is 30.7 Å². The van der Waals surface area contributed by atoms with Crippen LogP contribution >= 0.6 is 0 Å². The van der Waals surface area contributed by atoms with Crippen LogP contribution in [0.1, 0.15) is 6.42 Å². The minimum absolute atomic E-state index is 0.159. The molecule has 2 aromatic heterocycles. The molecule has 0 amide bonds. The zero-order chi connectivity index (χ0) is 12.1. The van der Waals surface area contributed by atoms with Gasteiger partial charge in [-0.2, -0.15) is 5.10 Å². The van der Waals surface area contributed by atoms with E-state index in [0.29, 0.717) is 6.61 Å². The van der Waals surface area contributed by atoms with Crippen molar-refractivity contribution in [1.29, 1.82) is 0 Å². The predicted molar refractivity (Wildman–Crippen MR) is 63.6 cm³/mol. The van der Waals surface area contributed by atoms with Gasteiger partial charge in [-0.3, -0.25) is 9.67 Å². The summed E-state index contributed by atoms with van der Waals surface area (Å²) in [6.07, 6.45) is 5.77. The molecule has 2 heterocycles. The third kappa shape index (κ3) is 2.82. The molecule has 90 valence electrons. The lowest BCUT2D eigenvalue weighted by Gasteiger charge is -2.07. The summed E-state index contributed by atoms with van der Waals surface area (Å²) in [5.41, 5.74) is 1.81. The molecule has 5 nitrogen and oxygen atoms in total. The van der Waals surface area contributed by atoms with Gasteiger partial charge in [0.1, 0.15) is 5.75 Å². The molecule has 0 radical (unpaired) electrons. The van der Waals surface area contributed by atoms with Gasteiger partial charge in [0.05, 0.1) is 11.9 Å². The molecule has 0 atom stereocenters. The fourth-order valence-corrected chi connectivity index (χ4v) is 1.68. The van der Waals surface area contributed by atoms with Gasteiger partial charge >= 0.3 is 0 Å². The van der Waals surface area contributed by atoms with Crippen LogP contribution in [0.2, 0.25) is 0 Å². The number of methoxy groups -OCH3 is 1. The van der Waals surface area contributed by atoms with Crippen molar-refractivity contribution in [3.8, 4) is 17.0 Å². The molecule has 0 aliphatic rings. The number of aromatic hydroxyl groups is 1. The highest BCUT2D eigenvalue weighted by Crippen LogP contribution is 2.21. The van der Waals surface area contributed by atoms with Crippen molar-refractivity contribution in [3.05, 3.63) is 30.7 Å². The van der Waals surface area contributed by atoms with Gasteiger partial charge < -0.3 is 9.84 Å². The Kier molecular flexibility index (Phi) is 3.72. The maximum Gasteiger partial charge on any atom is 0.134 e. The number of rotatable bonds is 5. The second kappa shape index (κ2) is 5.45. The topological polar surface area (TPSA) is 60.2 Å². The highest BCUT2D eigenvalue weighted by atomic mass is 16.5. The Morgan fingerprint density at radius 3 is 3.06 bits per heavy atom. The van der Waals surface area contributed by atoms with Crippen molar-refractivity contribution in [2.75, 3.05) is 13.7 Å². The van der Waals surface area contributed by atoms with Crippen molar-refractivity contribution in [2.24, 2.45) is 0 Å². The van der Waals surface area contributed by atoms with Crippen LogP contribution in [-0.4, -0.2) is 33.6 Å². The van der Waals surface area contributed by atoms with E-state index < -0.39 is 0 Å². The Bertz CT molecular complexity index is 482. The van der Waals surface area contributed by atoms with E-state index in [9.17, 15) is 5.11 Å². The number of nitrogens with zero attached hydrogens (tertiary/aromatic N) is 3. The van der Waals surface area contributed by atoms with Crippen molar-refractivity contribution in [1.82, 2.24) is 14.8 Å². The molecule has 0 unspecified atom stereocenters. The molecule has 5 heteroatoms. The summed E-state index contributed by atoms with van der Waals surface area (Å²) < 4.78 is 6.90. The van der Waals surface area contributed by atoms with Crippen LogP contribution in [0.25, 0.3) is 11.3 Å². The van der Waals surface area contributed by atoms with Gasteiger partial charge in [-0.25, -0.2) is 0 Å². The highest BCUT2D eigenvalue weighted by molar-refractivity contribution is 5.59. The summed E-state index contributed by atoms with van der Waals surface area (Å²) in [4.78, 5) is 3.96. The number of aromatic nitrogens is 3. The number of ether oxygens (including phenoxy) is 1. The second-order valence-electron chi connectivity index (χ2n) is 3.72. The Morgan fingerprint density at radius 2 is 2.29 bits per heavy atom. The summed E-state index contributed by atoms with van der Waals surface area (Å²) in [6.45, 7) is 1.49. The Hall–Kier alpha value is -1.88. The molecule has 0 bridgehead atoms. The molecule has 1 N–H and O–H groups in total. The average Bonchev–Trinajstić information content (AvgIpc) is 2.78. The zero-order valence-corrected chi connectivity index (χ0v) is 9.71. The van der Waals surface area contributed by atoms with Gasteiger partial charge in [0.2, 0.25) is 0 Å². The molecule has 0 spiro atoms. The lowest BCUT2D eigenvalue weighted by molar-refractivity contribution is 0.189. The van der Waals surface area contributed by atoms with Gasteiger partial charge in [0.25, 0.3) is 0 Å². The fourth-order valence-electron chi connectivity index (χ4n) is 1.68. The van der Waals surface area contributed by atoms with Crippen LogP contribution in [0.4, 0.5) is 0 Å². The van der Waals surface area contributed by atoms with Gasteiger partial charge in [-0.05, 0) is 18.6 Å². The smallest absolute Gasteiger partial charge is 0.134 e. The first kappa shape index (κ1) is 11.6. The van der Waals surface area contributed by atoms with Crippen LogP contribution in [-0.2, 0) is 11.3 Å². The zero-order valence-electron chi connectivity index (χ0n) is 9.71. The van der Waals surface area contributed by atoms with E-state index in [0.717, 1.165) is 24.2 Å².